The molecule has 1 aromatic carbocycles. The third-order valence-corrected chi connectivity index (χ3v) is 2.89. The van der Waals surface area contributed by atoms with Crippen molar-refractivity contribution in [3.05, 3.63) is 30.0 Å². The highest BCUT2D eigenvalue weighted by Gasteiger charge is 2.16. The molecule has 0 aliphatic carbocycles. The lowest BCUT2D eigenvalue weighted by atomic mass is 10.1. The molecule has 2 heterocycles. The van der Waals surface area contributed by atoms with Crippen molar-refractivity contribution in [2.24, 2.45) is 0 Å². The zero-order chi connectivity index (χ0) is 13.9. The first-order valence-electron chi connectivity index (χ1n) is 6.12. The van der Waals surface area contributed by atoms with Crippen molar-refractivity contribution in [1.82, 2.24) is 15.5 Å². The summed E-state index contributed by atoms with van der Waals surface area (Å²) in [5.41, 5.74) is 1.80. The van der Waals surface area contributed by atoms with Crippen LogP contribution in [0.15, 0.2) is 24.3 Å². The number of aliphatic hydroxyl groups is 1. The highest BCUT2D eigenvalue weighted by atomic mass is 16.7. The molecule has 0 fully saturated rings. The largest absolute Gasteiger partial charge is 0.454 e. The monoisotopic (exact) mass is 275 g/mol. The van der Waals surface area contributed by atoms with E-state index in [4.69, 9.17) is 14.6 Å². The predicted octanol–water partition coefficient (Wildman–Crippen LogP) is 0.527. The Morgan fingerprint density at radius 2 is 2.20 bits per heavy atom. The summed E-state index contributed by atoms with van der Waals surface area (Å²) in [6.45, 7) is 0.320. The first-order chi connectivity index (χ1) is 9.78. The molecule has 0 radical (unpaired) electrons. The average Bonchev–Trinajstić information content (AvgIpc) is 3.12. The fourth-order valence-corrected chi connectivity index (χ4v) is 1.91. The third-order valence-electron chi connectivity index (χ3n) is 2.89. The second-order valence-electron chi connectivity index (χ2n) is 4.21. The number of hydrogen-bond acceptors (Lipinski definition) is 5. The normalized spacial score (nSPS) is 12.4. The molecule has 3 rings (SSSR count). The maximum Gasteiger partial charge on any atom is 0.269 e. The number of aromatic nitrogens is 2. The minimum Gasteiger partial charge on any atom is -0.454 e. The van der Waals surface area contributed by atoms with E-state index in [2.05, 4.69) is 15.5 Å². The SMILES string of the molecule is O=C(NCCO)c1cc(-c2ccc3c(c2)OCO3)n[nH]1. The summed E-state index contributed by atoms with van der Waals surface area (Å²) in [5.74, 6) is 1.06. The van der Waals surface area contributed by atoms with Gasteiger partial charge in [0.05, 0.1) is 12.3 Å². The molecule has 20 heavy (non-hydrogen) atoms. The minimum atomic E-state index is -0.307. The lowest BCUT2D eigenvalue weighted by Crippen LogP contribution is -2.26. The molecular formula is C13H13N3O4. The Morgan fingerprint density at radius 3 is 3.05 bits per heavy atom. The quantitative estimate of drug-likeness (QED) is 0.756. The van der Waals surface area contributed by atoms with Crippen LogP contribution >= 0.6 is 0 Å². The van der Waals surface area contributed by atoms with Gasteiger partial charge in [-0.1, -0.05) is 0 Å². The van der Waals surface area contributed by atoms with Crippen molar-refractivity contribution in [2.75, 3.05) is 19.9 Å². The summed E-state index contributed by atoms with van der Waals surface area (Å²) in [6.07, 6.45) is 0. The van der Waals surface area contributed by atoms with Gasteiger partial charge in [-0.15, -0.1) is 0 Å². The number of carbonyl (C=O) groups is 1. The summed E-state index contributed by atoms with van der Waals surface area (Å²) >= 11 is 0. The van der Waals surface area contributed by atoms with Crippen molar-refractivity contribution >= 4 is 5.91 Å². The van der Waals surface area contributed by atoms with Crippen LogP contribution in [0.1, 0.15) is 10.5 Å². The minimum absolute atomic E-state index is 0.102. The Labute approximate surface area is 114 Å². The first kappa shape index (κ1) is 12.5. The van der Waals surface area contributed by atoms with Gasteiger partial charge in [0.25, 0.3) is 5.91 Å². The van der Waals surface area contributed by atoms with E-state index in [9.17, 15) is 4.79 Å². The van der Waals surface area contributed by atoms with Crippen LogP contribution in [0, 0.1) is 0 Å². The smallest absolute Gasteiger partial charge is 0.269 e. The van der Waals surface area contributed by atoms with Crippen LogP contribution < -0.4 is 14.8 Å². The van der Waals surface area contributed by atoms with Crippen molar-refractivity contribution in [2.45, 2.75) is 0 Å². The molecular weight excluding hydrogens is 262 g/mol. The fourth-order valence-electron chi connectivity index (χ4n) is 1.91. The van der Waals surface area contributed by atoms with Crippen LogP contribution in [0.25, 0.3) is 11.3 Å². The maximum atomic E-state index is 11.7. The molecule has 2 aromatic rings. The fraction of sp³-hybridized carbons (Fsp3) is 0.231. The van der Waals surface area contributed by atoms with E-state index in [0.717, 1.165) is 5.56 Å². The number of benzene rings is 1. The van der Waals surface area contributed by atoms with Crippen LogP contribution in [-0.4, -0.2) is 41.2 Å². The number of hydrogen-bond donors (Lipinski definition) is 3. The van der Waals surface area contributed by atoms with Crippen molar-refractivity contribution in [3.8, 4) is 22.8 Å². The Bertz CT molecular complexity index is 638. The number of fused-ring (bicyclic) bond motifs is 1. The molecule has 0 spiro atoms. The number of carbonyl (C=O) groups excluding carboxylic acids is 1. The number of nitrogens with zero attached hydrogens (tertiary/aromatic N) is 1. The van der Waals surface area contributed by atoms with Crippen LogP contribution in [0.4, 0.5) is 0 Å². The highest BCUT2D eigenvalue weighted by molar-refractivity contribution is 5.93. The molecule has 7 heteroatoms. The van der Waals surface area contributed by atoms with Crippen LogP contribution in [0.5, 0.6) is 11.5 Å². The standard InChI is InChI=1S/C13H13N3O4/c17-4-3-14-13(18)10-6-9(15-16-10)8-1-2-11-12(5-8)20-7-19-11/h1-2,5-6,17H,3-4,7H2,(H,14,18)(H,15,16). The Hall–Kier alpha value is -2.54. The molecule has 0 bridgehead atoms. The summed E-state index contributed by atoms with van der Waals surface area (Å²) in [7, 11) is 0. The van der Waals surface area contributed by atoms with Gasteiger partial charge in [0.15, 0.2) is 11.5 Å². The zero-order valence-electron chi connectivity index (χ0n) is 10.5. The molecule has 0 saturated heterocycles. The van der Waals surface area contributed by atoms with E-state index in [1.807, 2.05) is 12.1 Å². The van der Waals surface area contributed by atoms with E-state index in [-0.39, 0.29) is 25.9 Å². The van der Waals surface area contributed by atoms with E-state index < -0.39 is 0 Å². The molecule has 0 saturated carbocycles. The van der Waals surface area contributed by atoms with Gasteiger partial charge in [0.1, 0.15) is 5.69 Å². The van der Waals surface area contributed by atoms with Gasteiger partial charge in [0, 0.05) is 12.1 Å². The van der Waals surface area contributed by atoms with Gasteiger partial charge in [-0.2, -0.15) is 5.10 Å². The Balaban J connectivity index is 1.81. The molecule has 104 valence electrons. The predicted molar refractivity (Wildman–Crippen MR) is 69.6 cm³/mol. The van der Waals surface area contributed by atoms with Gasteiger partial charge in [0.2, 0.25) is 6.79 Å². The van der Waals surface area contributed by atoms with E-state index in [0.29, 0.717) is 22.9 Å². The third kappa shape index (κ3) is 2.30. The Kier molecular flexibility index (Phi) is 3.26. The number of ether oxygens (including phenoxy) is 2. The lowest BCUT2D eigenvalue weighted by molar-refractivity contribution is 0.0939. The van der Waals surface area contributed by atoms with E-state index >= 15 is 0 Å². The number of H-pyrrole nitrogens is 1. The van der Waals surface area contributed by atoms with E-state index in [1.54, 1.807) is 12.1 Å². The van der Waals surface area contributed by atoms with Gasteiger partial charge in [-0.3, -0.25) is 9.89 Å². The summed E-state index contributed by atoms with van der Waals surface area (Å²) in [5, 5.41) is 18.0. The molecule has 3 N–H and O–H groups in total. The van der Waals surface area contributed by atoms with Crippen molar-refractivity contribution in [1.29, 1.82) is 0 Å². The van der Waals surface area contributed by atoms with Crippen LogP contribution in [0.2, 0.25) is 0 Å². The Morgan fingerprint density at radius 1 is 1.35 bits per heavy atom. The lowest BCUT2D eigenvalue weighted by Gasteiger charge is -1.99. The maximum absolute atomic E-state index is 11.7. The molecule has 1 aliphatic heterocycles. The number of nitrogens with one attached hydrogen (secondary N) is 2. The topological polar surface area (TPSA) is 96.5 Å². The second kappa shape index (κ2) is 5.22. The molecule has 1 amide bonds. The van der Waals surface area contributed by atoms with Gasteiger partial charge < -0.3 is 19.9 Å². The molecule has 1 aliphatic rings. The number of amides is 1. The van der Waals surface area contributed by atoms with Crippen LogP contribution in [-0.2, 0) is 0 Å². The number of rotatable bonds is 4. The van der Waals surface area contributed by atoms with Gasteiger partial charge in [-0.25, -0.2) is 0 Å². The first-order valence-corrected chi connectivity index (χ1v) is 6.12. The molecule has 0 atom stereocenters. The summed E-state index contributed by atoms with van der Waals surface area (Å²) in [6, 6.07) is 7.11. The molecule has 1 aromatic heterocycles. The van der Waals surface area contributed by atoms with Gasteiger partial charge >= 0.3 is 0 Å². The van der Waals surface area contributed by atoms with Crippen molar-refractivity contribution < 1.29 is 19.4 Å². The van der Waals surface area contributed by atoms with Crippen LogP contribution in [0.3, 0.4) is 0 Å². The zero-order valence-corrected chi connectivity index (χ0v) is 10.5. The molecule has 0 unspecified atom stereocenters. The van der Waals surface area contributed by atoms with E-state index in [1.165, 1.54) is 0 Å². The van der Waals surface area contributed by atoms with Gasteiger partial charge in [-0.05, 0) is 24.3 Å². The summed E-state index contributed by atoms with van der Waals surface area (Å²) < 4.78 is 10.5. The number of aromatic amines is 1. The highest BCUT2D eigenvalue weighted by Crippen LogP contribution is 2.35. The number of aliphatic hydroxyl groups excluding tert-OH is 1. The van der Waals surface area contributed by atoms with Crippen molar-refractivity contribution in [3.63, 3.8) is 0 Å². The molecule has 7 nitrogen and oxygen atoms in total. The second-order valence-corrected chi connectivity index (χ2v) is 4.21. The average molecular weight is 275 g/mol. The summed E-state index contributed by atoms with van der Waals surface area (Å²) in [4.78, 5) is 11.7.